The van der Waals surface area contributed by atoms with Crippen molar-refractivity contribution in [2.45, 2.75) is 45.1 Å². The molecule has 1 aliphatic carbocycles. The first kappa shape index (κ1) is 14.5. The molecule has 0 aromatic rings. The Morgan fingerprint density at radius 3 is 2.19 bits per heavy atom. The lowest BCUT2D eigenvalue weighted by Gasteiger charge is -2.31. The number of hydrogen-bond donors (Lipinski definition) is 1. The van der Waals surface area contributed by atoms with Crippen LogP contribution in [0.1, 0.15) is 39.5 Å². The lowest BCUT2D eigenvalue weighted by molar-refractivity contribution is -0.127. The van der Waals surface area contributed by atoms with Gasteiger partial charge in [0.15, 0.2) is 0 Å². The van der Waals surface area contributed by atoms with Crippen LogP contribution in [0.5, 0.6) is 0 Å². The van der Waals surface area contributed by atoms with E-state index in [4.69, 9.17) is 0 Å². The number of rotatable bonds is 4. The number of alkyl halides is 2. The van der Waals surface area contributed by atoms with E-state index in [0.29, 0.717) is 0 Å². The third kappa shape index (κ3) is 4.02. The minimum atomic E-state index is -0.167. The van der Waals surface area contributed by atoms with Gasteiger partial charge in [0, 0.05) is 16.6 Å². The third-order valence-corrected chi connectivity index (χ3v) is 5.88. The summed E-state index contributed by atoms with van der Waals surface area (Å²) in [5.41, 5.74) is -0.167. The van der Waals surface area contributed by atoms with Crippen LogP contribution >= 0.6 is 31.9 Å². The van der Waals surface area contributed by atoms with Crippen LogP contribution in [0.2, 0.25) is 0 Å². The van der Waals surface area contributed by atoms with Gasteiger partial charge in [0.1, 0.15) is 0 Å². The molecule has 2 nitrogen and oxygen atoms in total. The molecule has 0 radical (unpaired) electrons. The fourth-order valence-corrected chi connectivity index (χ4v) is 3.23. The SMILES string of the molecule is CC1CCC(C(=O)NC(C)(CBr)CBr)CC1. The Balaban J connectivity index is 2.46. The van der Waals surface area contributed by atoms with Gasteiger partial charge in [-0.3, -0.25) is 4.79 Å². The molecule has 94 valence electrons. The fourth-order valence-electron chi connectivity index (χ4n) is 2.02. The van der Waals surface area contributed by atoms with E-state index < -0.39 is 0 Å². The Morgan fingerprint density at radius 2 is 1.75 bits per heavy atom. The molecule has 16 heavy (non-hydrogen) atoms. The van der Waals surface area contributed by atoms with E-state index in [1.54, 1.807) is 0 Å². The first-order valence-electron chi connectivity index (χ1n) is 5.94. The molecule has 0 aromatic heterocycles. The molecular formula is C12H21Br2NO. The van der Waals surface area contributed by atoms with Gasteiger partial charge in [-0.05, 0) is 38.5 Å². The molecule has 1 aliphatic rings. The van der Waals surface area contributed by atoms with Gasteiger partial charge in [-0.25, -0.2) is 0 Å². The molecule has 0 atom stereocenters. The zero-order chi connectivity index (χ0) is 12.2. The fraction of sp³-hybridized carbons (Fsp3) is 0.917. The van der Waals surface area contributed by atoms with Crippen molar-refractivity contribution in [3.63, 3.8) is 0 Å². The molecule has 1 fully saturated rings. The van der Waals surface area contributed by atoms with Gasteiger partial charge in [-0.2, -0.15) is 0 Å². The van der Waals surface area contributed by atoms with Crippen LogP contribution in [0.4, 0.5) is 0 Å². The maximum atomic E-state index is 12.1. The molecule has 0 bridgehead atoms. The van der Waals surface area contributed by atoms with Gasteiger partial charge in [0.2, 0.25) is 5.91 Å². The van der Waals surface area contributed by atoms with E-state index >= 15 is 0 Å². The van der Waals surface area contributed by atoms with Gasteiger partial charge < -0.3 is 5.32 Å². The lowest BCUT2D eigenvalue weighted by Crippen LogP contribution is -2.51. The molecule has 0 aromatic carbocycles. The topological polar surface area (TPSA) is 29.1 Å². The van der Waals surface area contributed by atoms with Crippen molar-refractivity contribution < 1.29 is 4.79 Å². The lowest BCUT2D eigenvalue weighted by atomic mass is 9.82. The largest absolute Gasteiger partial charge is 0.349 e. The second-order valence-corrected chi connectivity index (χ2v) is 6.40. The Morgan fingerprint density at radius 1 is 1.25 bits per heavy atom. The Hall–Kier alpha value is 0.430. The summed E-state index contributed by atoms with van der Waals surface area (Å²) < 4.78 is 0. The Bertz CT molecular complexity index is 233. The van der Waals surface area contributed by atoms with Gasteiger partial charge in [-0.1, -0.05) is 38.8 Å². The highest BCUT2D eigenvalue weighted by Crippen LogP contribution is 2.29. The summed E-state index contributed by atoms with van der Waals surface area (Å²) in [4.78, 5) is 12.1. The molecule has 1 rings (SSSR count). The van der Waals surface area contributed by atoms with E-state index in [2.05, 4.69) is 51.0 Å². The normalized spacial score (nSPS) is 26.5. The average Bonchev–Trinajstić information content (AvgIpc) is 2.29. The van der Waals surface area contributed by atoms with Gasteiger partial charge in [0.25, 0.3) is 0 Å². The van der Waals surface area contributed by atoms with Crippen LogP contribution in [0.15, 0.2) is 0 Å². The van der Waals surface area contributed by atoms with Crippen LogP contribution in [0, 0.1) is 11.8 Å². The number of carbonyl (C=O) groups is 1. The zero-order valence-corrected chi connectivity index (χ0v) is 13.2. The van der Waals surface area contributed by atoms with Crippen LogP contribution in [-0.4, -0.2) is 22.1 Å². The smallest absolute Gasteiger partial charge is 0.223 e. The van der Waals surface area contributed by atoms with E-state index in [0.717, 1.165) is 29.4 Å². The molecule has 0 spiro atoms. The molecule has 0 aliphatic heterocycles. The number of amides is 1. The predicted molar refractivity (Wildman–Crippen MR) is 75.3 cm³/mol. The predicted octanol–water partition coefficient (Wildman–Crippen LogP) is 3.48. The summed E-state index contributed by atoms with van der Waals surface area (Å²) in [6.45, 7) is 4.33. The van der Waals surface area contributed by atoms with E-state index in [1.807, 2.05) is 0 Å². The van der Waals surface area contributed by atoms with E-state index in [1.165, 1.54) is 12.8 Å². The molecular weight excluding hydrogens is 334 g/mol. The van der Waals surface area contributed by atoms with Crippen molar-refractivity contribution >= 4 is 37.8 Å². The maximum absolute atomic E-state index is 12.1. The minimum absolute atomic E-state index is 0.167. The van der Waals surface area contributed by atoms with Gasteiger partial charge in [0.05, 0.1) is 5.54 Å². The summed E-state index contributed by atoms with van der Waals surface area (Å²) in [5, 5.41) is 4.70. The summed E-state index contributed by atoms with van der Waals surface area (Å²) in [7, 11) is 0. The number of hydrogen-bond acceptors (Lipinski definition) is 1. The standard InChI is InChI=1S/C12H21Br2NO/c1-9-3-5-10(6-4-9)11(16)15-12(2,7-13)8-14/h9-10H,3-8H2,1-2H3,(H,15,16). The van der Waals surface area contributed by atoms with Crippen molar-refractivity contribution in [3.8, 4) is 0 Å². The van der Waals surface area contributed by atoms with Crippen molar-refractivity contribution in [3.05, 3.63) is 0 Å². The van der Waals surface area contributed by atoms with Crippen molar-refractivity contribution in [1.82, 2.24) is 5.32 Å². The first-order valence-corrected chi connectivity index (χ1v) is 8.19. The Kier molecular flexibility index (Phi) is 5.78. The van der Waals surface area contributed by atoms with Crippen molar-refractivity contribution in [2.24, 2.45) is 11.8 Å². The van der Waals surface area contributed by atoms with Crippen LogP contribution in [0.3, 0.4) is 0 Å². The number of halogens is 2. The monoisotopic (exact) mass is 353 g/mol. The summed E-state index contributed by atoms with van der Waals surface area (Å²) in [5.74, 6) is 1.25. The van der Waals surface area contributed by atoms with Crippen LogP contribution in [-0.2, 0) is 4.79 Å². The summed E-state index contributed by atoms with van der Waals surface area (Å²) in [6.07, 6.45) is 4.48. The van der Waals surface area contributed by atoms with E-state index in [-0.39, 0.29) is 17.4 Å². The number of carbonyl (C=O) groups excluding carboxylic acids is 1. The molecule has 1 amide bonds. The molecule has 0 saturated heterocycles. The minimum Gasteiger partial charge on any atom is -0.349 e. The zero-order valence-electron chi connectivity index (χ0n) is 10.1. The van der Waals surface area contributed by atoms with Gasteiger partial charge >= 0.3 is 0 Å². The average molecular weight is 355 g/mol. The van der Waals surface area contributed by atoms with Crippen molar-refractivity contribution in [2.75, 3.05) is 10.7 Å². The highest BCUT2D eigenvalue weighted by atomic mass is 79.9. The Labute approximate surface area is 115 Å². The van der Waals surface area contributed by atoms with Crippen molar-refractivity contribution in [1.29, 1.82) is 0 Å². The molecule has 1 saturated carbocycles. The first-order chi connectivity index (χ1) is 7.50. The molecule has 4 heteroatoms. The maximum Gasteiger partial charge on any atom is 0.223 e. The third-order valence-electron chi connectivity index (χ3n) is 3.40. The summed E-state index contributed by atoms with van der Waals surface area (Å²) in [6, 6.07) is 0. The molecule has 1 N–H and O–H groups in total. The van der Waals surface area contributed by atoms with E-state index in [9.17, 15) is 4.79 Å². The molecule has 0 unspecified atom stereocenters. The van der Waals surface area contributed by atoms with Gasteiger partial charge in [-0.15, -0.1) is 0 Å². The quantitative estimate of drug-likeness (QED) is 0.769. The van der Waals surface area contributed by atoms with Crippen LogP contribution < -0.4 is 5.32 Å². The second kappa shape index (κ2) is 6.39. The molecule has 0 heterocycles. The van der Waals surface area contributed by atoms with Crippen LogP contribution in [0.25, 0.3) is 0 Å². The second-order valence-electron chi connectivity index (χ2n) is 5.27. The summed E-state index contributed by atoms with van der Waals surface area (Å²) >= 11 is 6.90. The highest BCUT2D eigenvalue weighted by molar-refractivity contribution is 9.09. The number of nitrogens with one attached hydrogen (secondary N) is 1. The highest BCUT2D eigenvalue weighted by Gasteiger charge is 2.29.